The normalized spacial score (nSPS) is 22.6. The molecule has 1 heterocycles. The molecule has 30 heavy (non-hydrogen) atoms. The predicted octanol–water partition coefficient (Wildman–Crippen LogP) is 3.99. The molecule has 1 atom stereocenters. The number of carboxylic acids is 1. The highest BCUT2D eigenvalue weighted by atomic mass is 32.2. The first kappa shape index (κ1) is 20.3. The Hall–Kier alpha value is -3.00. The molecule has 1 unspecified atom stereocenters. The molecular formula is C22H20FNO5S. The Labute approximate surface area is 173 Å². The maximum absolute atomic E-state index is 13.8. The zero-order chi connectivity index (χ0) is 21.4. The van der Waals surface area contributed by atoms with Gasteiger partial charge in [-0.1, -0.05) is 31.0 Å². The number of rotatable bonds is 6. The van der Waals surface area contributed by atoms with Gasteiger partial charge in [-0.3, -0.25) is 9.79 Å². The van der Waals surface area contributed by atoms with Crippen LogP contribution in [0.3, 0.4) is 0 Å². The number of halogens is 1. The molecule has 2 aromatic carbocycles. The molecule has 0 bridgehead atoms. The maximum Gasteiger partial charge on any atom is 0.313 e. The van der Waals surface area contributed by atoms with Gasteiger partial charge in [-0.25, -0.2) is 12.8 Å². The second-order valence-electron chi connectivity index (χ2n) is 7.47. The number of ether oxygens (including phenoxy) is 1. The Bertz CT molecular complexity index is 1120. The van der Waals surface area contributed by atoms with Crippen LogP contribution < -0.4 is 4.74 Å². The monoisotopic (exact) mass is 429 g/mol. The molecule has 0 amide bonds. The molecule has 0 spiro atoms. The number of carboxylic acid groups (broad SMARTS) is 1. The van der Waals surface area contributed by atoms with Gasteiger partial charge in [-0.2, -0.15) is 0 Å². The quantitative estimate of drug-likeness (QED) is 0.750. The van der Waals surface area contributed by atoms with Crippen molar-refractivity contribution in [1.29, 1.82) is 0 Å². The highest BCUT2D eigenvalue weighted by Gasteiger charge is 2.65. The van der Waals surface area contributed by atoms with Crippen LogP contribution in [0.15, 0.2) is 76.3 Å². The van der Waals surface area contributed by atoms with Gasteiger partial charge in [0.25, 0.3) is 0 Å². The van der Waals surface area contributed by atoms with E-state index in [1.54, 1.807) is 18.2 Å². The number of aliphatic imine (C=N–C) groups is 1. The van der Waals surface area contributed by atoms with Crippen LogP contribution in [0.4, 0.5) is 4.39 Å². The third-order valence-corrected chi connectivity index (χ3v) is 8.11. The lowest BCUT2D eigenvalue weighted by Crippen LogP contribution is -2.53. The summed E-state index contributed by atoms with van der Waals surface area (Å²) >= 11 is 0. The van der Waals surface area contributed by atoms with Crippen LogP contribution in [0.2, 0.25) is 0 Å². The van der Waals surface area contributed by atoms with Crippen LogP contribution in [0, 0.1) is 11.2 Å². The number of allylic oxidation sites excluding steroid dienone is 1. The lowest BCUT2D eigenvalue weighted by Gasteiger charge is -2.38. The maximum atomic E-state index is 13.8. The third kappa shape index (κ3) is 3.02. The van der Waals surface area contributed by atoms with Crippen LogP contribution in [-0.2, 0) is 14.6 Å². The van der Waals surface area contributed by atoms with E-state index in [0.29, 0.717) is 12.8 Å². The Morgan fingerprint density at radius 1 is 1.03 bits per heavy atom. The molecule has 1 fully saturated rings. The van der Waals surface area contributed by atoms with Crippen molar-refractivity contribution >= 4 is 22.0 Å². The van der Waals surface area contributed by atoms with Crippen molar-refractivity contribution in [2.45, 2.75) is 35.4 Å². The zero-order valence-electron chi connectivity index (χ0n) is 16.0. The smallest absolute Gasteiger partial charge is 0.313 e. The summed E-state index contributed by atoms with van der Waals surface area (Å²) in [6.07, 6.45) is 4.09. The Kier molecular flexibility index (Phi) is 4.97. The fourth-order valence-electron chi connectivity index (χ4n) is 4.27. The lowest BCUT2D eigenvalue weighted by atomic mass is 9.78. The van der Waals surface area contributed by atoms with Gasteiger partial charge in [-0.15, -0.1) is 0 Å². The minimum atomic E-state index is -4.21. The molecule has 1 saturated carbocycles. The van der Waals surface area contributed by atoms with Gasteiger partial charge < -0.3 is 9.84 Å². The molecular weight excluding hydrogens is 409 g/mol. The highest BCUT2D eigenvalue weighted by Crippen LogP contribution is 2.55. The van der Waals surface area contributed by atoms with Gasteiger partial charge in [-0.05, 0) is 49.2 Å². The number of sulfone groups is 1. The van der Waals surface area contributed by atoms with E-state index in [1.165, 1.54) is 48.7 Å². The van der Waals surface area contributed by atoms with Crippen LogP contribution >= 0.6 is 0 Å². The number of carbonyl (C=O) groups is 1. The molecule has 0 radical (unpaired) electrons. The lowest BCUT2D eigenvalue weighted by molar-refractivity contribution is -0.150. The van der Waals surface area contributed by atoms with Gasteiger partial charge in [0.1, 0.15) is 22.7 Å². The fraction of sp³-hybridized carbons (Fsp3) is 0.273. The van der Waals surface area contributed by atoms with Crippen molar-refractivity contribution in [3.05, 3.63) is 72.2 Å². The largest absolute Gasteiger partial charge is 0.481 e. The number of aliphatic carboxylic acids is 1. The standard InChI is InChI=1S/C22H20FNO5S/c23-16-8-10-17(11-9-16)29-18-14-22(24-15-18,21(20(25)26)12-4-5-13-21)30(27,28)19-6-2-1-3-7-19/h1-3,6-11,14-15H,4-5,12-13H2,(H,25,26). The SMILES string of the molecule is O=C(O)C1(C2(S(=O)(=O)c3ccccc3)C=C(Oc3ccc(F)cc3)C=N2)CCCC1. The van der Waals surface area contributed by atoms with Crippen LogP contribution in [-0.4, -0.2) is 30.6 Å². The van der Waals surface area contributed by atoms with Gasteiger partial charge in [0.05, 0.1) is 11.1 Å². The average molecular weight is 429 g/mol. The fourth-order valence-corrected chi connectivity index (χ4v) is 6.41. The minimum Gasteiger partial charge on any atom is -0.481 e. The summed E-state index contributed by atoms with van der Waals surface area (Å²) in [5.74, 6) is -1.24. The van der Waals surface area contributed by atoms with Crippen molar-refractivity contribution in [2.24, 2.45) is 10.4 Å². The first-order valence-corrected chi connectivity index (χ1v) is 11.0. The number of hydrogen-bond donors (Lipinski definition) is 1. The van der Waals surface area contributed by atoms with Gasteiger partial charge in [0.15, 0.2) is 0 Å². The Morgan fingerprint density at radius 2 is 1.67 bits per heavy atom. The summed E-state index contributed by atoms with van der Waals surface area (Å²) in [7, 11) is -4.21. The van der Waals surface area contributed by atoms with E-state index in [0.717, 1.165) is 0 Å². The van der Waals surface area contributed by atoms with Crippen LogP contribution in [0.5, 0.6) is 5.75 Å². The van der Waals surface area contributed by atoms with Crippen molar-refractivity contribution in [3.63, 3.8) is 0 Å². The van der Waals surface area contributed by atoms with E-state index in [2.05, 4.69) is 4.99 Å². The summed E-state index contributed by atoms with van der Waals surface area (Å²) in [5.41, 5.74) is -1.61. The first-order valence-electron chi connectivity index (χ1n) is 9.55. The summed E-state index contributed by atoms with van der Waals surface area (Å²) in [6, 6.07) is 13.0. The van der Waals surface area contributed by atoms with Gasteiger partial charge in [0.2, 0.25) is 14.7 Å². The third-order valence-electron chi connectivity index (χ3n) is 5.79. The molecule has 1 aliphatic heterocycles. The van der Waals surface area contributed by atoms with Crippen LogP contribution in [0.1, 0.15) is 25.7 Å². The van der Waals surface area contributed by atoms with E-state index in [9.17, 15) is 22.7 Å². The van der Waals surface area contributed by atoms with E-state index in [4.69, 9.17) is 4.74 Å². The van der Waals surface area contributed by atoms with E-state index < -0.39 is 31.9 Å². The molecule has 2 aliphatic rings. The summed E-state index contributed by atoms with van der Waals surface area (Å²) in [6.45, 7) is 0. The second-order valence-corrected chi connectivity index (χ2v) is 9.57. The first-order chi connectivity index (χ1) is 14.3. The molecule has 4 rings (SSSR count). The van der Waals surface area contributed by atoms with Crippen LogP contribution in [0.25, 0.3) is 0 Å². The molecule has 2 aromatic rings. The zero-order valence-corrected chi connectivity index (χ0v) is 16.8. The summed E-state index contributed by atoms with van der Waals surface area (Å²) < 4.78 is 46.4. The molecule has 6 nitrogen and oxygen atoms in total. The molecule has 8 heteroatoms. The van der Waals surface area contributed by atoms with Crippen molar-refractivity contribution < 1.29 is 27.4 Å². The Morgan fingerprint density at radius 3 is 2.27 bits per heavy atom. The number of nitrogens with zero attached hydrogens (tertiary/aromatic N) is 1. The molecule has 0 aromatic heterocycles. The molecule has 156 valence electrons. The van der Waals surface area contributed by atoms with Crippen molar-refractivity contribution in [3.8, 4) is 5.75 Å². The van der Waals surface area contributed by atoms with Crippen molar-refractivity contribution in [1.82, 2.24) is 0 Å². The van der Waals surface area contributed by atoms with Gasteiger partial charge in [0, 0.05) is 6.08 Å². The van der Waals surface area contributed by atoms with Gasteiger partial charge >= 0.3 is 5.97 Å². The number of benzene rings is 2. The topological polar surface area (TPSA) is 93.0 Å². The minimum absolute atomic E-state index is 0.00560. The second kappa shape index (κ2) is 7.36. The Balaban J connectivity index is 1.86. The molecule has 1 aliphatic carbocycles. The number of hydrogen-bond acceptors (Lipinski definition) is 5. The molecule has 0 saturated heterocycles. The molecule has 1 N–H and O–H groups in total. The highest BCUT2D eigenvalue weighted by molar-refractivity contribution is 7.93. The summed E-state index contributed by atoms with van der Waals surface area (Å²) in [4.78, 5) is 14.7. The van der Waals surface area contributed by atoms with Crippen molar-refractivity contribution in [2.75, 3.05) is 0 Å². The summed E-state index contributed by atoms with van der Waals surface area (Å²) in [5, 5.41) is 10.2. The van der Waals surface area contributed by atoms with E-state index in [-0.39, 0.29) is 29.2 Å². The predicted molar refractivity (Wildman–Crippen MR) is 108 cm³/mol. The van der Waals surface area contributed by atoms with E-state index in [1.807, 2.05) is 0 Å². The van der Waals surface area contributed by atoms with E-state index >= 15 is 0 Å². The average Bonchev–Trinajstić information content (AvgIpc) is 3.40.